The molecule has 0 fully saturated rings. The van der Waals surface area contributed by atoms with Crippen LogP contribution in [0.2, 0.25) is 0 Å². The molecule has 0 aliphatic carbocycles. The Bertz CT molecular complexity index is 344. The lowest BCUT2D eigenvalue weighted by atomic mass is 9.86. The highest BCUT2D eigenvalue weighted by Gasteiger charge is 2.19. The zero-order chi connectivity index (χ0) is 12.2. The van der Waals surface area contributed by atoms with E-state index in [9.17, 15) is 0 Å². The molecule has 0 amide bonds. The average Bonchev–Trinajstić information content (AvgIpc) is 2.24. The van der Waals surface area contributed by atoms with Gasteiger partial charge < -0.3 is 10.1 Å². The number of hydrogen-bond acceptors (Lipinski definition) is 3. The van der Waals surface area contributed by atoms with E-state index in [4.69, 9.17) is 4.74 Å². The van der Waals surface area contributed by atoms with Gasteiger partial charge in [0, 0.05) is 23.5 Å². The van der Waals surface area contributed by atoms with Crippen LogP contribution in [0.25, 0.3) is 0 Å². The Balaban J connectivity index is 3.02. The first-order chi connectivity index (χ1) is 7.49. The van der Waals surface area contributed by atoms with Crippen molar-refractivity contribution in [2.45, 2.75) is 26.2 Å². The summed E-state index contributed by atoms with van der Waals surface area (Å²) in [4.78, 5) is 0. The summed E-state index contributed by atoms with van der Waals surface area (Å²) >= 11 is 4.19. The summed E-state index contributed by atoms with van der Waals surface area (Å²) in [5.74, 6) is 1.78. The number of hydrogen-bond donors (Lipinski definition) is 2. The summed E-state index contributed by atoms with van der Waals surface area (Å²) in [5, 5.41) is 3.33. The topological polar surface area (TPSA) is 21.3 Å². The van der Waals surface area contributed by atoms with E-state index in [0.717, 1.165) is 23.7 Å². The number of ether oxygens (including phenoxy) is 1. The molecule has 1 rings (SSSR count). The zero-order valence-corrected chi connectivity index (χ0v) is 11.4. The number of benzene rings is 1. The van der Waals surface area contributed by atoms with E-state index in [1.807, 2.05) is 12.1 Å². The van der Waals surface area contributed by atoms with E-state index in [1.165, 1.54) is 5.56 Å². The summed E-state index contributed by atoms with van der Waals surface area (Å²) in [6, 6.07) is 6.21. The second kappa shape index (κ2) is 5.48. The molecule has 0 atom stereocenters. The first-order valence-corrected chi connectivity index (χ1v) is 6.15. The predicted octanol–water partition coefficient (Wildman–Crippen LogP) is 3.33. The standard InChI is InChI=1S/C13H21NOS/c1-13(2,3)11-9-10(14-7-8-16)5-6-12(11)15-4/h5-6,9,14,16H,7-8H2,1-4H3. The molecule has 1 aromatic rings. The summed E-state index contributed by atoms with van der Waals surface area (Å²) in [5.41, 5.74) is 2.43. The van der Waals surface area contributed by atoms with Crippen LogP contribution in [-0.4, -0.2) is 19.4 Å². The minimum Gasteiger partial charge on any atom is -0.496 e. The second-order valence-electron chi connectivity index (χ2n) is 4.82. The smallest absolute Gasteiger partial charge is 0.122 e. The van der Waals surface area contributed by atoms with Crippen LogP contribution in [0.5, 0.6) is 5.75 Å². The highest BCUT2D eigenvalue weighted by Crippen LogP contribution is 2.33. The maximum atomic E-state index is 5.39. The second-order valence-corrected chi connectivity index (χ2v) is 5.26. The quantitative estimate of drug-likeness (QED) is 0.786. The van der Waals surface area contributed by atoms with E-state index < -0.39 is 0 Å². The molecule has 0 saturated carbocycles. The van der Waals surface area contributed by atoms with Crippen LogP contribution in [0.1, 0.15) is 26.3 Å². The molecule has 2 nitrogen and oxygen atoms in total. The van der Waals surface area contributed by atoms with Crippen LogP contribution in [0, 0.1) is 0 Å². The van der Waals surface area contributed by atoms with Gasteiger partial charge in [0.15, 0.2) is 0 Å². The third-order valence-electron chi connectivity index (χ3n) is 2.45. The van der Waals surface area contributed by atoms with Crippen molar-refractivity contribution in [3.63, 3.8) is 0 Å². The molecule has 0 aromatic heterocycles. The van der Waals surface area contributed by atoms with Crippen LogP contribution in [0.15, 0.2) is 18.2 Å². The van der Waals surface area contributed by atoms with Crippen LogP contribution >= 0.6 is 12.6 Å². The molecule has 0 heterocycles. The molecule has 0 unspecified atom stereocenters. The third kappa shape index (κ3) is 3.34. The molecule has 1 N–H and O–H groups in total. The average molecular weight is 239 g/mol. The van der Waals surface area contributed by atoms with Crippen molar-refractivity contribution < 1.29 is 4.74 Å². The normalized spacial score (nSPS) is 11.3. The molecule has 0 saturated heterocycles. The Labute approximate surface area is 104 Å². The van der Waals surface area contributed by atoms with Gasteiger partial charge in [-0.05, 0) is 23.6 Å². The fourth-order valence-corrected chi connectivity index (χ4v) is 1.72. The van der Waals surface area contributed by atoms with Gasteiger partial charge in [0.1, 0.15) is 5.75 Å². The minimum absolute atomic E-state index is 0.0873. The minimum atomic E-state index is 0.0873. The van der Waals surface area contributed by atoms with Crippen molar-refractivity contribution >= 4 is 18.3 Å². The highest BCUT2D eigenvalue weighted by molar-refractivity contribution is 7.80. The van der Waals surface area contributed by atoms with Crippen LogP contribution in [-0.2, 0) is 5.41 Å². The van der Waals surface area contributed by atoms with Gasteiger partial charge in [-0.25, -0.2) is 0 Å². The monoisotopic (exact) mass is 239 g/mol. The van der Waals surface area contributed by atoms with Crippen molar-refractivity contribution in [2.24, 2.45) is 0 Å². The summed E-state index contributed by atoms with van der Waals surface area (Å²) in [6.45, 7) is 7.44. The van der Waals surface area contributed by atoms with Gasteiger partial charge in [0.2, 0.25) is 0 Å². The first kappa shape index (κ1) is 13.2. The van der Waals surface area contributed by atoms with Gasteiger partial charge in [-0.3, -0.25) is 0 Å². The van der Waals surface area contributed by atoms with Crippen molar-refractivity contribution in [1.82, 2.24) is 0 Å². The first-order valence-electron chi connectivity index (χ1n) is 5.52. The molecular weight excluding hydrogens is 218 g/mol. The van der Waals surface area contributed by atoms with E-state index in [-0.39, 0.29) is 5.41 Å². The summed E-state index contributed by atoms with van der Waals surface area (Å²) in [6.07, 6.45) is 0. The van der Waals surface area contributed by atoms with E-state index >= 15 is 0 Å². The Kier molecular flexibility index (Phi) is 4.54. The lowest BCUT2D eigenvalue weighted by Gasteiger charge is -2.23. The number of anilines is 1. The lowest BCUT2D eigenvalue weighted by molar-refractivity contribution is 0.397. The largest absolute Gasteiger partial charge is 0.496 e. The summed E-state index contributed by atoms with van der Waals surface area (Å²) < 4.78 is 5.39. The van der Waals surface area contributed by atoms with Gasteiger partial charge >= 0.3 is 0 Å². The molecular formula is C13H21NOS. The van der Waals surface area contributed by atoms with Crippen molar-refractivity contribution in [3.05, 3.63) is 23.8 Å². The fraction of sp³-hybridized carbons (Fsp3) is 0.538. The van der Waals surface area contributed by atoms with Gasteiger partial charge in [-0.2, -0.15) is 12.6 Å². The lowest BCUT2D eigenvalue weighted by Crippen LogP contribution is -2.13. The van der Waals surface area contributed by atoms with Crippen LogP contribution < -0.4 is 10.1 Å². The SMILES string of the molecule is COc1ccc(NCCS)cc1C(C)(C)C. The molecule has 0 aliphatic heterocycles. The van der Waals surface area contributed by atoms with Crippen LogP contribution in [0.4, 0.5) is 5.69 Å². The van der Waals surface area contributed by atoms with Gasteiger partial charge in [0.25, 0.3) is 0 Å². The zero-order valence-electron chi connectivity index (χ0n) is 10.5. The van der Waals surface area contributed by atoms with Crippen molar-refractivity contribution in [2.75, 3.05) is 24.7 Å². The third-order valence-corrected chi connectivity index (χ3v) is 2.67. The molecule has 90 valence electrons. The van der Waals surface area contributed by atoms with Gasteiger partial charge in [0.05, 0.1) is 7.11 Å². The molecule has 0 radical (unpaired) electrons. The molecule has 16 heavy (non-hydrogen) atoms. The van der Waals surface area contributed by atoms with Gasteiger partial charge in [-0.15, -0.1) is 0 Å². The maximum Gasteiger partial charge on any atom is 0.122 e. The predicted molar refractivity (Wildman–Crippen MR) is 74.0 cm³/mol. The highest BCUT2D eigenvalue weighted by atomic mass is 32.1. The Hall–Kier alpha value is -0.830. The van der Waals surface area contributed by atoms with Crippen molar-refractivity contribution in [3.8, 4) is 5.75 Å². The van der Waals surface area contributed by atoms with Crippen LogP contribution in [0.3, 0.4) is 0 Å². The number of methoxy groups -OCH3 is 1. The fourth-order valence-electron chi connectivity index (χ4n) is 1.60. The number of rotatable bonds is 4. The molecule has 0 aliphatic rings. The molecule has 1 aromatic carbocycles. The Morgan fingerprint density at radius 2 is 2.00 bits per heavy atom. The Morgan fingerprint density at radius 3 is 2.50 bits per heavy atom. The van der Waals surface area contributed by atoms with E-state index in [2.05, 4.69) is 44.8 Å². The number of thiol groups is 1. The molecule has 0 bridgehead atoms. The van der Waals surface area contributed by atoms with E-state index in [1.54, 1.807) is 7.11 Å². The summed E-state index contributed by atoms with van der Waals surface area (Å²) in [7, 11) is 1.71. The molecule has 3 heteroatoms. The van der Waals surface area contributed by atoms with Crippen molar-refractivity contribution in [1.29, 1.82) is 0 Å². The maximum absolute atomic E-state index is 5.39. The Morgan fingerprint density at radius 1 is 1.31 bits per heavy atom. The number of nitrogens with one attached hydrogen (secondary N) is 1. The van der Waals surface area contributed by atoms with E-state index in [0.29, 0.717) is 0 Å². The van der Waals surface area contributed by atoms with Gasteiger partial charge in [-0.1, -0.05) is 20.8 Å². The molecule has 0 spiro atoms.